The van der Waals surface area contributed by atoms with E-state index in [1.165, 1.54) is 41.5 Å². The van der Waals surface area contributed by atoms with Gasteiger partial charge >= 0.3 is 11.9 Å². The van der Waals surface area contributed by atoms with Crippen LogP contribution in [0.3, 0.4) is 0 Å². The number of carbonyl (C=O) groups excluding carboxylic acids is 2. The maximum Gasteiger partial charge on any atom is 0.317 e. The summed E-state index contributed by atoms with van der Waals surface area (Å²) >= 11 is 0. The molecule has 6 bridgehead atoms. The molecule has 7 aliphatic rings. The van der Waals surface area contributed by atoms with Crippen LogP contribution in [0.1, 0.15) is 84.1 Å². The second-order valence-corrected chi connectivity index (χ2v) is 15.3. The highest BCUT2D eigenvalue weighted by Crippen LogP contribution is 2.64. The van der Waals surface area contributed by atoms with Crippen molar-refractivity contribution in [2.24, 2.45) is 29.1 Å². The van der Waals surface area contributed by atoms with Crippen molar-refractivity contribution in [2.75, 3.05) is 0 Å². The van der Waals surface area contributed by atoms with Crippen LogP contribution < -0.4 is 9.47 Å². The Morgan fingerprint density at radius 2 is 1.02 bits per heavy atom. The molecule has 0 saturated heterocycles. The number of ether oxygens (including phenoxy) is 2. The Morgan fingerprint density at radius 1 is 0.521 bits per heavy atom. The lowest BCUT2D eigenvalue weighted by Crippen LogP contribution is -2.51. The summed E-state index contributed by atoms with van der Waals surface area (Å²) in [7, 11) is 0. The molecule has 2 atom stereocenters. The van der Waals surface area contributed by atoms with Crippen LogP contribution in [0.4, 0.5) is 0 Å². The third-order valence-corrected chi connectivity index (χ3v) is 12.6. The van der Waals surface area contributed by atoms with Crippen LogP contribution in [-0.4, -0.2) is 11.9 Å². The van der Waals surface area contributed by atoms with Gasteiger partial charge in [-0.3, -0.25) is 9.59 Å². The highest BCUT2D eigenvalue weighted by Gasteiger charge is 2.57. The van der Waals surface area contributed by atoms with E-state index < -0.39 is 5.92 Å². The molecule has 7 aliphatic carbocycles. The smallest absolute Gasteiger partial charge is 0.317 e. The van der Waals surface area contributed by atoms with Gasteiger partial charge in [-0.1, -0.05) is 103 Å². The summed E-state index contributed by atoms with van der Waals surface area (Å²) in [6.07, 6.45) is 6.67. The van der Waals surface area contributed by atoms with E-state index in [1.807, 2.05) is 60.7 Å². The van der Waals surface area contributed by atoms with E-state index in [0.29, 0.717) is 29.3 Å². The van der Waals surface area contributed by atoms with Crippen LogP contribution in [0.2, 0.25) is 0 Å². The second kappa shape index (κ2) is 10.7. The van der Waals surface area contributed by atoms with Gasteiger partial charge in [0.1, 0.15) is 11.5 Å². The van der Waals surface area contributed by atoms with Crippen LogP contribution in [0, 0.1) is 29.1 Å². The summed E-state index contributed by atoms with van der Waals surface area (Å²) in [6.45, 7) is 0. The van der Waals surface area contributed by atoms with E-state index >= 15 is 0 Å². The topological polar surface area (TPSA) is 52.6 Å². The first-order valence-corrected chi connectivity index (χ1v) is 17.7. The van der Waals surface area contributed by atoms with Crippen molar-refractivity contribution >= 4 is 22.7 Å². The van der Waals surface area contributed by atoms with Crippen molar-refractivity contribution in [3.8, 4) is 11.5 Å². The zero-order chi connectivity index (χ0) is 32.0. The van der Waals surface area contributed by atoms with Gasteiger partial charge in [0.2, 0.25) is 0 Å². The SMILES string of the molecule is O=C(Oc1cccc2ccccc12)C1C2c3ccccc3C(c3ccccc32)C1c1ccccc1OC(=O)C12CC3CC(CC(C3)C1)C2. The Balaban J connectivity index is 1.09. The average Bonchev–Trinajstić information content (AvgIpc) is 3.11. The van der Waals surface area contributed by atoms with Crippen LogP contribution in [0.5, 0.6) is 11.5 Å². The minimum atomic E-state index is -0.516. The van der Waals surface area contributed by atoms with Crippen LogP contribution in [0.25, 0.3) is 10.8 Å². The van der Waals surface area contributed by atoms with Crippen LogP contribution in [-0.2, 0) is 9.59 Å². The van der Waals surface area contributed by atoms with Gasteiger partial charge in [-0.05, 0) is 102 Å². The van der Waals surface area contributed by atoms with Crippen molar-refractivity contribution in [2.45, 2.75) is 56.3 Å². The minimum Gasteiger partial charge on any atom is -0.426 e. The van der Waals surface area contributed by atoms with E-state index in [-0.39, 0.29) is 35.1 Å². The van der Waals surface area contributed by atoms with Crippen LogP contribution in [0.15, 0.2) is 115 Å². The van der Waals surface area contributed by atoms with Crippen molar-refractivity contribution in [3.63, 3.8) is 0 Å². The van der Waals surface area contributed by atoms with E-state index in [0.717, 1.165) is 35.6 Å². The van der Waals surface area contributed by atoms with E-state index in [9.17, 15) is 9.59 Å². The molecule has 4 nitrogen and oxygen atoms in total. The minimum absolute atomic E-state index is 0.0642. The molecule has 0 spiro atoms. The molecular formula is C44H38O4. The number of benzene rings is 5. The predicted molar refractivity (Wildman–Crippen MR) is 185 cm³/mol. The number of esters is 2. The molecule has 0 N–H and O–H groups in total. The van der Waals surface area contributed by atoms with Crippen molar-refractivity contribution < 1.29 is 19.1 Å². The fraction of sp³-hybridized carbons (Fsp3) is 0.318. The first-order valence-electron chi connectivity index (χ1n) is 17.7. The molecule has 48 heavy (non-hydrogen) atoms. The van der Waals surface area contributed by atoms with Gasteiger partial charge in [0.15, 0.2) is 0 Å². The van der Waals surface area contributed by atoms with Gasteiger partial charge in [-0.15, -0.1) is 0 Å². The molecule has 4 heteroatoms. The zero-order valence-electron chi connectivity index (χ0n) is 26.9. The molecule has 0 amide bonds. The Hall–Kier alpha value is -4.70. The van der Waals surface area contributed by atoms with Crippen molar-refractivity contribution in [3.05, 3.63) is 143 Å². The number of hydrogen-bond donors (Lipinski definition) is 0. The van der Waals surface area contributed by atoms with Crippen molar-refractivity contribution in [1.29, 1.82) is 0 Å². The molecule has 0 aromatic heterocycles. The molecule has 12 rings (SSSR count). The highest BCUT2D eigenvalue weighted by molar-refractivity contribution is 5.91. The number of carbonyl (C=O) groups is 2. The summed E-state index contributed by atoms with van der Waals surface area (Å²) in [6, 6.07) is 39.0. The number of hydrogen-bond acceptors (Lipinski definition) is 4. The fourth-order valence-corrected chi connectivity index (χ4v) is 11.2. The van der Waals surface area contributed by atoms with Gasteiger partial charge in [-0.2, -0.15) is 0 Å². The Labute approximate surface area is 281 Å². The first kappa shape index (κ1) is 28.3. The Kier molecular flexibility index (Phi) is 6.29. The molecule has 0 radical (unpaired) electrons. The van der Waals surface area contributed by atoms with Crippen molar-refractivity contribution in [1.82, 2.24) is 0 Å². The monoisotopic (exact) mass is 630 g/mol. The van der Waals surface area contributed by atoms with Gasteiger partial charge in [-0.25, -0.2) is 0 Å². The second-order valence-electron chi connectivity index (χ2n) is 15.3. The summed E-state index contributed by atoms with van der Waals surface area (Å²) in [5.41, 5.74) is 5.37. The number of rotatable bonds is 5. The Morgan fingerprint density at radius 3 is 1.67 bits per heavy atom. The number of fused-ring (bicyclic) bond motifs is 2. The summed E-state index contributed by atoms with van der Waals surface area (Å²) in [5.74, 6) is 1.71. The van der Waals surface area contributed by atoms with Gasteiger partial charge < -0.3 is 9.47 Å². The third-order valence-electron chi connectivity index (χ3n) is 12.6. The van der Waals surface area contributed by atoms with E-state index in [1.54, 1.807) is 0 Å². The van der Waals surface area contributed by atoms with Gasteiger partial charge in [0.05, 0.1) is 11.3 Å². The maximum atomic E-state index is 14.8. The molecule has 2 unspecified atom stereocenters. The van der Waals surface area contributed by atoms with E-state index in [2.05, 4.69) is 54.6 Å². The molecule has 4 fully saturated rings. The Bertz CT molecular complexity index is 2020. The molecule has 0 aliphatic heterocycles. The van der Waals surface area contributed by atoms with Gasteiger partial charge in [0.25, 0.3) is 0 Å². The molecule has 238 valence electrons. The lowest BCUT2D eigenvalue weighted by molar-refractivity contribution is -0.161. The van der Waals surface area contributed by atoms with Gasteiger partial charge in [0, 0.05) is 23.1 Å². The lowest BCUT2D eigenvalue weighted by atomic mass is 9.49. The van der Waals surface area contributed by atoms with Crippen LogP contribution >= 0.6 is 0 Å². The van der Waals surface area contributed by atoms with E-state index in [4.69, 9.17) is 9.47 Å². The molecule has 5 aromatic rings. The fourth-order valence-electron chi connectivity index (χ4n) is 11.2. The highest BCUT2D eigenvalue weighted by atomic mass is 16.5. The normalized spacial score (nSPS) is 30.5. The predicted octanol–water partition coefficient (Wildman–Crippen LogP) is 9.56. The standard InChI is InChI=1S/C44H38O4/c45-42(47-36-19-9-11-29-10-1-2-12-30(29)36)41-39-33-15-5-3-13-31(33)38(32-14-4-6-16-34(32)39)40(41)35-17-7-8-18-37(35)48-43(46)44-23-26-20-27(24-44)22-28(21-26)25-44/h1-19,26-28,38-41H,20-25H2. The molecule has 0 heterocycles. The molecular weight excluding hydrogens is 592 g/mol. The summed E-state index contributed by atoms with van der Waals surface area (Å²) in [4.78, 5) is 29.2. The summed E-state index contributed by atoms with van der Waals surface area (Å²) < 4.78 is 13.0. The molecule has 4 saturated carbocycles. The average molecular weight is 631 g/mol. The third kappa shape index (κ3) is 4.20. The largest absolute Gasteiger partial charge is 0.426 e. The quantitative estimate of drug-likeness (QED) is 0.143. The lowest BCUT2D eigenvalue weighted by Gasteiger charge is -2.55. The summed E-state index contributed by atoms with van der Waals surface area (Å²) in [5, 5.41) is 1.94. The maximum absolute atomic E-state index is 14.8. The first-order chi connectivity index (χ1) is 23.6. The zero-order valence-corrected chi connectivity index (χ0v) is 26.9. The molecule has 5 aromatic carbocycles. The number of para-hydroxylation sites is 1.